The van der Waals surface area contributed by atoms with Crippen molar-refractivity contribution in [2.24, 2.45) is 0 Å². The van der Waals surface area contributed by atoms with Crippen LogP contribution in [0.15, 0.2) is 30.5 Å². The van der Waals surface area contributed by atoms with Gasteiger partial charge >= 0.3 is 0 Å². The van der Waals surface area contributed by atoms with Crippen LogP contribution in [0, 0.1) is 0 Å². The molecule has 1 aliphatic carbocycles. The third-order valence-corrected chi connectivity index (χ3v) is 6.91. The Labute approximate surface area is 161 Å². The molecule has 27 heavy (non-hydrogen) atoms. The Morgan fingerprint density at radius 2 is 1.59 bits per heavy atom. The number of H-pyrrole nitrogens is 1. The minimum atomic E-state index is 0.176. The lowest BCUT2D eigenvalue weighted by Gasteiger charge is -2.49. The number of nitrogens with zero attached hydrogens (tertiary/aromatic N) is 3. The maximum atomic E-state index is 12.8. The maximum absolute atomic E-state index is 12.8. The number of hydrogen-bond acceptors (Lipinski definition) is 3. The molecular weight excluding hydrogens is 336 g/mol. The predicted molar refractivity (Wildman–Crippen MR) is 108 cm³/mol. The van der Waals surface area contributed by atoms with Crippen LogP contribution in [0.5, 0.6) is 0 Å². The smallest absolute Gasteiger partial charge is 0.253 e. The number of rotatable bonds is 3. The van der Waals surface area contributed by atoms with E-state index >= 15 is 0 Å². The van der Waals surface area contributed by atoms with Gasteiger partial charge in [-0.25, -0.2) is 0 Å². The first-order chi connectivity index (χ1) is 13.3. The van der Waals surface area contributed by atoms with Crippen LogP contribution in [-0.2, 0) is 0 Å². The average molecular weight is 367 g/mol. The predicted octanol–water partition coefficient (Wildman–Crippen LogP) is 2.94. The first kappa shape index (κ1) is 17.3. The van der Waals surface area contributed by atoms with Crippen LogP contribution >= 0.6 is 0 Å². The van der Waals surface area contributed by atoms with E-state index in [2.05, 4.69) is 14.8 Å². The highest BCUT2D eigenvalue weighted by Gasteiger charge is 2.37. The van der Waals surface area contributed by atoms with E-state index in [1.165, 1.54) is 58.3 Å². The van der Waals surface area contributed by atoms with Crippen LogP contribution in [0.3, 0.4) is 0 Å². The summed E-state index contributed by atoms with van der Waals surface area (Å²) in [5.74, 6) is 0.176. The highest BCUT2D eigenvalue weighted by atomic mass is 16.2. The summed E-state index contributed by atoms with van der Waals surface area (Å²) in [5, 5.41) is 1.11. The maximum Gasteiger partial charge on any atom is 0.253 e. The van der Waals surface area contributed by atoms with Crippen LogP contribution in [0.25, 0.3) is 10.9 Å². The summed E-state index contributed by atoms with van der Waals surface area (Å²) in [4.78, 5) is 23.3. The second kappa shape index (κ2) is 7.28. The summed E-state index contributed by atoms with van der Waals surface area (Å²) in [5.41, 5.74) is 1.89. The van der Waals surface area contributed by atoms with Gasteiger partial charge in [0.05, 0.1) is 0 Å². The molecule has 0 spiro atoms. The SMILES string of the molecule is O=C(c1ccc2[nH]ccc2c1)N1CC(N2CCN(C3CCCCC3)CC2)C1. The van der Waals surface area contributed by atoms with Crippen molar-refractivity contribution in [1.82, 2.24) is 19.7 Å². The molecule has 3 aliphatic rings. The molecule has 3 fully saturated rings. The van der Waals surface area contributed by atoms with Gasteiger partial charge in [0.25, 0.3) is 5.91 Å². The topological polar surface area (TPSA) is 42.6 Å². The Balaban J connectivity index is 1.12. The second-order valence-electron chi connectivity index (χ2n) is 8.51. The van der Waals surface area contributed by atoms with Crippen LogP contribution in [-0.4, -0.2) is 76.9 Å². The van der Waals surface area contributed by atoms with E-state index in [1.54, 1.807) is 0 Å². The molecule has 1 amide bonds. The molecule has 2 aliphatic heterocycles. The highest BCUT2D eigenvalue weighted by molar-refractivity contribution is 5.98. The standard InChI is InChI=1S/C22H30N4O/c27-22(18-6-7-21-17(14-18)8-9-23-21)26-15-20(16-26)25-12-10-24(11-13-25)19-4-2-1-3-5-19/h6-9,14,19-20,23H,1-5,10-13,15-16H2. The molecule has 1 saturated carbocycles. The van der Waals surface area contributed by atoms with Crippen molar-refractivity contribution >= 4 is 16.8 Å². The third-order valence-electron chi connectivity index (χ3n) is 6.91. The molecule has 5 heteroatoms. The van der Waals surface area contributed by atoms with Crippen molar-refractivity contribution in [2.45, 2.75) is 44.2 Å². The molecular formula is C22H30N4O. The number of benzene rings is 1. The molecule has 2 saturated heterocycles. The fourth-order valence-electron chi connectivity index (χ4n) is 5.13. The highest BCUT2D eigenvalue weighted by Crippen LogP contribution is 2.26. The molecule has 0 unspecified atom stereocenters. The van der Waals surface area contributed by atoms with E-state index in [0.717, 1.165) is 35.6 Å². The van der Waals surface area contributed by atoms with Crippen molar-refractivity contribution in [2.75, 3.05) is 39.3 Å². The van der Waals surface area contributed by atoms with E-state index in [4.69, 9.17) is 0 Å². The summed E-state index contributed by atoms with van der Waals surface area (Å²) < 4.78 is 0. The Hall–Kier alpha value is -1.85. The first-order valence-electron chi connectivity index (χ1n) is 10.6. The minimum Gasteiger partial charge on any atom is -0.361 e. The molecule has 5 rings (SSSR count). The quantitative estimate of drug-likeness (QED) is 0.908. The van der Waals surface area contributed by atoms with Crippen LogP contribution in [0.4, 0.5) is 0 Å². The van der Waals surface area contributed by atoms with Gasteiger partial charge in [0, 0.05) is 74.0 Å². The van der Waals surface area contributed by atoms with Gasteiger partial charge in [0.1, 0.15) is 0 Å². The summed E-state index contributed by atoms with van der Waals surface area (Å²) >= 11 is 0. The molecule has 1 aromatic carbocycles. The molecule has 3 heterocycles. The monoisotopic (exact) mass is 366 g/mol. The largest absolute Gasteiger partial charge is 0.361 e. The van der Waals surface area contributed by atoms with Crippen molar-refractivity contribution in [3.05, 3.63) is 36.0 Å². The Morgan fingerprint density at radius 3 is 2.33 bits per heavy atom. The molecule has 0 radical (unpaired) electrons. The van der Waals surface area contributed by atoms with E-state index in [0.29, 0.717) is 6.04 Å². The van der Waals surface area contributed by atoms with Gasteiger partial charge in [0.15, 0.2) is 0 Å². The lowest BCUT2D eigenvalue weighted by Crippen LogP contribution is -2.64. The number of piperazine rings is 1. The van der Waals surface area contributed by atoms with Crippen molar-refractivity contribution in [3.63, 3.8) is 0 Å². The number of aromatic amines is 1. The van der Waals surface area contributed by atoms with Crippen molar-refractivity contribution in [1.29, 1.82) is 0 Å². The number of carbonyl (C=O) groups excluding carboxylic acids is 1. The molecule has 1 N–H and O–H groups in total. The summed E-state index contributed by atoms with van der Waals surface area (Å²) in [6, 6.07) is 9.37. The third kappa shape index (κ3) is 3.39. The number of hydrogen-bond donors (Lipinski definition) is 1. The van der Waals surface area contributed by atoms with Gasteiger partial charge in [-0.1, -0.05) is 19.3 Å². The lowest BCUT2D eigenvalue weighted by atomic mass is 9.93. The summed E-state index contributed by atoms with van der Waals surface area (Å²) in [6.07, 6.45) is 8.98. The fourth-order valence-corrected chi connectivity index (χ4v) is 5.13. The number of aromatic nitrogens is 1. The van der Waals surface area contributed by atoms with Gasteiger partial charge in [0.2, 0.25) is 0 Å². The molecule has 0 atom stereocenters. The first-order valence-corrected chi connectivity index (χ1v) is 10.6. The number of likely N-dealkylation sites (tertiary alicyclic amines) is 1. The van der Waals surface area contributed by atoms with E-state index < -0.39 is 0 Å². The van der Waals surface area contributed by atoms with E-state index in [1.807, 2.05) is 35.4 Å². The number of amides is 1. The zero-order chi connectivity index (χ0) is 18.2. The van der Waals surface area contributed by atoms with E-state index in [-0.39, 0.29) is 5.91 Å². The summed E-state index contributed by atoms with van der Waals surface area (Å²) in [7, 11) is 0. The molecule has 1 aromatic heterocycles. The molecule has 2 aromatic rings. The Bertz CT molecular complexity index is 796. The van der Waals surface area contributed by atoms with Crippen molar-refractivity contribution in [3.8, 4) is 0 Å². The molecule has 144 valence electrons. The number of carbonyl (C=O) groups is 1. The van der Waals surface area contributed by atoms with Gasteiger partial charge in [-0.15, -0.1) is 0 Å². The average Bonchev–Trinajstić information content (AvgIpc) is 3.16. The molecule has 5 nitrogen and oxygen atoms in total. The van der Waals surface area contributed by atoms with Crippen LogP contribution in [0.2, 0.25) is 0 Å². The molecule has 0 bridgehead atoms. The fraction of sp³-hybridized carbons (Fsp3) is 0.591. The minimum absolute atomic E-state index is 0.176. The second-order valence-corrected chi connectivity index (χ2v) is 8.51. The lowest BCUT2D eigenvalue weighted by molar-refractivity contribution is -0.00262. The number of fused-ring (bicyclic) bond motifs is 1. The van der Waals surface area contributed by atoms with Gasteiger partial charge in [-0.05, 0) is 37.1 Å². The van der Waals surface area contributed by atoms with Gasteiger partial charge in [-0.2, -0.15) is 0 Å². The van der Waals surface area contributed by atoms with Crippen LogP contribution in [0.1, 0.15) is 42.5 Å². The van der Waals surface area contributed by atoms with Crippen LogP contribution < -0.4 is 0 Å². The summed E-state index contributed by atoms with van der Waals surface area (Å²) in [6.45, 7) is 6.51. The number of nitrogens with one attached hydrogen (secondary N) is 1. The van der Waals surface area contributed by atoms with Gasteiger partial charge < -0.3 is 9.88 Å². The zero-order valence-corrected chi connectivity index (χ0v) is 16.1. The normalized spacial score (nSPS) is 23.6. The van der Waals surface area contributed by atoms with Crippen molar-refractivity contribution < 1.29 is 4.79 Å². The Kier molecular flexibility index (Phi) is 4.66. The van der Waals surface area contributed by atoms with Gasteiger partial charge in [-0.3, -0.25) is 14.6 Å². The van der Waals surface area contributed by atoms with E-state index in [9.17, 15) is 4.79 Å². The Morgan fingerprint density at radius 1 is 0.889 bits per heavy atom. The zero-order valence-electron chi connectivity index (χ0n) is 16.1.